The Balaban J connectivity index is 1.36. The zero-order chi connectivity index (χ0) is 23.9. The van der Waals surface area contributed by atoms with Gasteiger partial charge in [0.2, 0.25) is 5.95 Å². The average molecular weight is 455 g/mol. The molecular weight excluding hydrogens is 428 g/mol. The van der Waals surface area contributed by atoms with Gasteiger partial charge >= 0.3 is 0 Å². The first-order valence-corrected chi connectivity index (χ1v) is 11.0. The van der Waals surface area contributed by atoms with E-state index in [4.69, 9.17) is 4.74 Å². The second-order valence-electron chi connectivity index (χ2n) is 7.93. The summed E-state index contributed by atoms with van der Waals surface area (Å²) >= 11 is 0. The number of hydrogen-bond acceptors (Lipinski definition) is 6. The van der Waals surface area contributed by atoms with Crippen LogP contribution in [-0.4, -0.2) is 54.7 Å². The number of carbonyl (C=O) groups is 1. The number of aromatic amines is 1. The summed E-state index contributed by atoms with van der Waals surface area (Å²) in [4.78, 5) is 26.6. The first-order chi connectivity index (χ1) is 16.6. The first-order valence-electron chi connectivity index (χ1n) is 11.0. The molecule has 0 bridgehead atoms. The van der Waals surface area contributed by atoms with Crippen molar-refractivity contribution in [1.82, 2.24) is 20.3 Å². The Hall–Kier alpha value is -4.22. The van der Waals surface area contributed by atoms with E-state index in [1.807, 2.05) is 48.3 Å². The van der Waals surface area contributed by atoms with Crippen LogP contribution < -0.4 is 10.2 Å². The van der Waals surface area contributed by atoms with Crippen LogP contribution in [0.3, 0.4) is 0 Å². The van der Waals surface area contributed by atoms with Crippen molar-refractivity contribution in [2.24, 2.45) is 0 Å². The fraction of sp³-hybridized carbons (Fsp3) is 0.231. The molecule has 0 saturated heterocycles. The number of aromatic nitrogens is 3. The highest BCUT2D eigenvalue weighted by atomic mass is 16.5. The number of amides is 1. The normalized spacial score (nSPS) is 10.7. The Morgan fingerprint density at radius 3 is 2.79 bits per heavy atom. The molecular formula is C26H26N6O2. The molecule has 8 nitrogen and oxygen atoms in total. The van der Waals surface area contributed by atoms with Gasteiger partial charge in [-0.1, -0.05) is 18.2 Å². The summed E-state index contributed by atoms with van der Waals surface area (Å²) in [5.41, 5.74) is 4.91. The number of hydrogen-bond donors (Lipinski definition) is 2. The van der Waals surface area contributed by atoms with Crippen LogP contribution in [0.15, 0.2) is 60.9 Å². The van der Waals surface area contributed by atoms with Crippen LogP contribution in [-0.2, 0) is 11.2 Å². The van der Waals surface area contributed by atoms with Gasteiger partial charge in [0.1, 0.15) is 6.07 Å². The van der Waals surface area contributed by atoms with Crippen LogP contribution >= 0.6 is 0 Å². The summed E-state index contributed by atoms with van der Waals surface area (Å²) in [5.74, 6) is 0.491. The highest BCUT2D eigenvalue weighted by molar-refractivity contribution is 5.94. The van der Waals surface area contributed by atoms with Crippen molar-refractivity contribution in [1.29, 1.82) is 5.26 Å². The third kappa shape index (κ3) is 5.22. The predicted octanol–water partition coefficient (Wildman–Crippen LogP) is 3.55. The Morgan fingerprint density at radius 1 is 1.21 bits per heavy atom. The molecule has 0 saturated carbocycles. The monoisotopic (exact) mass is 454 g/mol. The van der Waals surface area contributed by atoms with E-state index in [9.17, 15) is 10.1 Å². The van der Waals surface area contributed by atoms with Crippen LogP contribution in [0, 0.1) is 11.3 Å². The van der Waals surface area contributed by atoms with E-state index in [-0.39, 0.29) is 5.91 Å². The van der Waals surface area contributed by atoms with Crippen LogP contribution in [0.2, 0.25) is 0 Å². The van der Waals surface area contributed by atoms with Gasteiger partial charge < -0.3 is 19.9 Å². The summed E-state index contributed by atoms with van der Waals surface area (Å²) in [6.07, 6.45) is 4.12. The fourth-order valence-electron chi connectivity index (χ4n) is 3.65. The topological polar surface area (TPSA) is 107 Å². The molecule has 0 atom stereocenters. The number of ether oxygens (including phenoxy) is 1. The number of benzene rings is 2. The van der Waals surface area contributed by atoms with Gasteiger partial charge in [-0.3, -0.25) is 4.79 Å². The van der Waals surface area contributed by atoms with E-state index < -0.39 is 0 Å². The van der Waals surface area contributed by atoms with E-state index in [0.717, 1.165) is 27.7 Å². The van der Waals surface area contributed by atoms with Crippen molar-refractivity contribution in [2.75, 3.05) is 38.8 Å². The van der Waals surface area contributed by atoms with E-state index in [1.165, 1.54) is 0 Å². The molecule has 4 rings (SSSR count). The van der Waals surface area contributed by atoms with Gasteiger partial charge in [-0.15, -0.1) is 0 Å². The molecule has 1 amide bonds. The molecule has 0 aliphatic heterocycles. The molecule has 4 aromatic rings. The SMILES string of the molecule is COCCN(C)c1nccc(-c2ccc(C(=O)NCCc3ccc4[nH]cc(C#N)c4c3)cc2)n1. The zero-order valence-corrected chi connectivity index (χ0v) is 19.2. The lowest BCUT2D eigenvalue weighted by molar-refractivity contribution is 0.0954. The predicted molar refractivity (Wildman–Crippen MR) is 132 cm³/mol. The third-order valence-corrected chi connectivity index (χ3v) is 5.62. The average Bonchev–Trinajstić information content (AvgIpc) is 3.29. The summed E-state index contributed by atoms with van der Waals surface area (Å²) in [6.45, 7) is 1.79. The smallest absolute Gasteiger partial charge is 0.251 e. The second-order valence-corrected chi connectivity index (χ2v) is 7.93. The highest BCUT2D eigenvalue weighted by Crippen LogP contribution is 2.20. The van der Waals surface area contributed by atoms with E-state index in [0.29, 0.717) is 43.2 Å². The molecule has 2 N–H and O–H groups in total. The van der Waals surface area contributed by atoms with Crippen LogP contribution in [0.25, 0.3) is 22.2 Å². The highest BCUT2D eigenvalue weighted by Gasteiger charge is 2.10. The van der Waals surface area contributed by atoms with Crippen molar-refractivity contribution < 1.29 is 9.53 Å². The van der Waals surface area contributed by atoms with Crippen LogP contribution in [0.5, 0.6) is 0 Å². The van der Waals surface area contributed by atoms with Gasteiger partial charge in [0, 0.05) is 61.7 Å². The summed E-state index contributed by atoms with van der Waals surface area (Å²) in [6, 6.07) is 17.4. The number of carbonyl (C=O) groups excluding carboxylic acids is 1. The van der Waals surface area contributed by atoms with Crippen molar-refractivity contribution in [3.8, 4) is 17.3 Å². The minimum Gasteiger partial charge on any atom is -0.383 e. The van der Waals surface area contributed by atoms with Gasteiger partial charge in [-0.05, 0) is 42.3 Å². The van der Waals surface area contributed by atoms with E-state index in [1.54, 1.807) is 31.6 Å². The standard InChI is InChI=1S/C26H26N6O2/c1-32(13-14-34-2)26-29-12-10-23(31-26)19-4-6-20(7-5-19)25(33)28-11-9-18-3-8-24-22(15-18)21(16-27)17-30-24/h3-8,10,12,15,17,30H,9,11,13-14H2,1-2H3,(H,28,33). The van der Waals surface area contributed by atoms with Gasteiger partial charge in [0.15, 0.2) is 0 Å². The minimum atomic E-state index is -0.130. The number of nitriles is 1. The molecule has 0 aliphatic rings. The molecule has 8 heteroatoms. The molecule has 0 aliphatic carbocycles. The molecule has 0 radical (unpaired) electrons. The lowest BCUT2D eigenvalue weighted by Crippen LogP contribution is -2.25. The lowest BCUT2D eigenvalue weighted by atomic mass is 10.1. The molecule has 172 valence electrons. The Morgan fingerprint density at radius 2 is 2.03 bits per heavy atom. The van der Waals surface area contributed by atoms with Gasteiger partial charge in [0.25, 0.3) is 5.91 Å². The van der Waals surface area contributed by atoms with E-state index in [2.05, 4.69) is 26.3 Å². The largest absolute Gasteiger partial charge is 0.383 e. The number of rotatable bonds is 9. The van der Waals surface area contributed by atoms with Gasteiger partial charge in [-0.25, -0.2) is 9.97 Å². The third-order valence-electron chi connectivity index (χ3n) is 5.62. The molecule has 34 heavy (non-hydrogen) atoms. The number of likely N-dealkylation sites (N-methyl/N-ethyl adjacent to an activating group) is 1. The number of nitrogens with one attached hydrogen (secondary N) is 2. The van der Waals surface area contributed by atoms with Gasteiger partial charge in [0.05, 0.1) is 17.9 Å². The summed E-state index contributed by atoms with van der Waals surface area (Å²) in [5, 5.41) is 13.1. The minimum absolute atomic E-state index is 0.130. The van der Waals surface area contributed by atoms with Crippen LogP contribution in [0.4, 0.5) is 5.95 Å². The maximum Gasteiger partial charge on any atom is 0.251 e. The van der Waals surface area contributed by atoms with Crippen molar-refractivity contribution in [3.63, 3.8) is 0 Å². The van der Waals surface area contributed by atoms with Crippen molar-refractivity contribution >= 4 is 22.8 Å². The van der Waals surface area contributed by atoms with Crippen LogP contribution in [0.1, 0.15) is 21.5 Å². The van der Waals surface area contributed by atoms with Crippen molar-refractivity contribution in [2.45, 2.75) is 6.42 Å². The summed E-state index contributed by atoms with van der Waals surface area (Å²) < 4.78 is 5.11. The maximum absolute atomic E-state index is 12.6. The molecule has 0 fully saturated rings. The number of fused-ring (bicyclic) bond motifs is 1. The molecule has 0 unspecified atom stereocenters. The Bertz CT molecular complexity index is 1320. The maximum atomic E-state index is 12.6. The fourth-order valence-corrected chi connectivity index (χ4v) is 3.65. The van der Waals surface area contributed by atoms with Gasteiger partial charge in [-0.2, -0.15) is 5.26 Å². The van der Waals surface area contributed by atoms with Crippen molar-refractivity contribution in [3.05, 3.63) is 77.6 Å². The molecule has 2 aromatic carbocycles. The number of anilines is 1. The first kappa shape index (κ1) is 23.0. The zero-order valence-electron chi connectivity index (χ0n) is 19.2. The Labute approximate surface area is 198 Å². The number of H-pyrrole nitrogens is 1. The number of methoxy groups -OCH3 is 1. The molecule has 2 heterocycles. The molecule has 0 spiro atoms. The summed E-state index contributed by atoms with van der Waals surface area (Å²) in [7, 11) is 3.58. The number of nitrogens with zero attached hydrogens (tertiary/aromatic N) is 4. The van der Waals surface area contributed by atoms with E-state index >= 15 is 0 Å². The second kappa shape index (κ2) is 10.6. The molecule has 2 aromatic heterocycles. The quantitative estimate of drug-likeness (QED) is 0.401. The lowest BCUT2D eigenvalue weighted by Gasteiger charge is -2.16. The Kier molecular flexibility index (Phi) is 7.16.